The summed E-state index contributed by atoms with van der Waals surface area (Å²) in [6, 6.07) is 8.31. The van der Waals surface area contributed by atoms with Gasteiger partial charge in [0, 0.05) is 23.7 Å². The Balaban J connectivity index is 1.45. The molecule has 0 unspecified atom stereocenters. The summed E-state index contributed by atoms with van der Waals surface area (Å²) >= 11 is 1.64. The van der Waals surface area contributed by atoms with Crippen LogP contribution in [0.3, 0.4) is 0 Å². The third kappa shape index (κ3) is 3.07. The number of hydrogen-bond acceptors (Lipinski definition) is 6. The third-order valence-corrected chi connectivity index (χ3v) is 5.97. The minimum atomic E-state index is 0.160. The molecule has 1 atom stereocenters. The first kappa shape index (κ1) is 16.6. The predicted octanol–water partition coefficient (Wildman–Crippen LogP) is 4.48. The maximum absolute atomic E-state index is 6.06. The Morgan fingerprint density at radius 2 is 2.19 bits per heavy atom. The van der Waals surface area contributed by atoms with Gasteiger partial charge >= 0.3 is 0 Å². The van der Waals surface area contributed by atoms with Crippen LogP contribution in [0.25, 0.3) is 17.1 Å². The van der Waals surface area contributed by atoms with Gasteiger partial charge in [-0.15, -0.1) is 10.2 Å². The van der Waals surface area contributed by atoms with Gasteiger partial charge in [0.25, 0.3) is 0 Å². The van der Waals surface area contributed by atoms with Crippen LogP contribution in [-0.4, -0.2) is 31.0 Å². The molecule has 0 amide bonds. The van der Waals surface area contributed by atoms with Gasteiger partial charge in [0.05, 0.1) is 17.4 Å². The summed E-state index contributed by atoms with van der Waals surface area (Å²) in [5, 5.41) is 12.7. The zero-order valence-corrected chi connectivity index (χ0v) is 16.0. The molecule has 0 radical (unpaired) electrons. The number of aromatic nitrogens is 4. The number of aryl methyl sites for hydroxylation is 1. The van der Waals surface area contributed by atoms with Crippen LogP contribution in [0.15, 0.2) is 45.6 Å². The first-order valence-corrected chi connectivity index (χ1v) is 10.3. The quantitative estimate of drug-likeness (QED) is 0.523. The number of fused-ring (bicyclic) bond motifs is 1. The van der Waals surface area contributed by atoms with E-state index in [2.05, 4.69) is 44.8 Å². The van der Waals surface area contributed by atoms with Crippen molar-refractivity contribution in [3.05, 3.63) is 58.5 Å². The van der Waals surface area contributed by atoms with E-state index >= 15 is 0 Å². The van der Waals surface area contributed by atoms with Crippen LogP contribution < -0.4 is 0 Å². The maximum atomic E-state index is 6.06. The lowest BCUT2D eigenvalue weighted by Crippen LogP contribution is -2.33. The molecule has 5 heterocycles. The first-order valence-electron chi connectivity index (χ1n) is 9.32. The van der Waals surface area contributed by atoms with E-state index in [1.54, 1.807) is 11.3 Å². The molecule has 1 aliphatic rings. The zero-order chi connectivity index (χ0) is 18.2. The molecule has 1 fully saturated rings. The van der Waals surface area contributed by atoms with Crippen molar-refractivity contribution in [3.8, 4) is 11.5 Å². The van der Waals surface area contributed by atoms with Gasteiger partial charge in [0.15, 0.2) is 0 Å². The number of nitrogens with zero attached hydrogens (tertiary/aromatic N) is 5. The van der Waals surface area contributed by atoms with Crippen LogP contribution in [0.5, 0.6) is 0 Å². The lowest BCUT2D eigenvalue weighted by molar-refractivity contribution is 0.116. The molecule has 1 saturated heterocycles. The van der Waals surface area contributed by atoms with Crippen LogP contribution in [0, 0.1) is 6.92 Å². The molecule has 1 aliphatic heterocycles. The molecule has 4 aromatic heterocycles. The standard InChI is InChI=1S/C20H21N5OS/c1-14-17(25-10-5-3-7-18(25)21-14)12-24-9-4-2-6-16(24)20-23-22-19(26-20)15-8-11-27-13-15/h3,5,7-8,10-11,13,16H,2,4,6,9,12H2,1H3/t16-/m0/s1. The van der Waals surface area contributed by atoms with Gasteiger partial charge in [0.1, 0.15) is 5.65 Å². The molecule has 0 bridgehead atoms. The molecule has 0 aromatic carbocycles. The van der Waals surface area contributed by atoms with Crippen molar-refractivity contribution >= 4 is 17.0 Å². The van der Waals surface area contributed by atoms with Gasteiger partial charge in [-0.1, -0.05) is 12.5 Å². The van der Waals surface area contributed by atoms with Crippen LogP contribution in [-0.2, 0) is 6.54 Å². The second kappa shape index (κ2) is 6.90. The van der Waals surface area contributed by atoms with Gasteiger partial charge < -0.3 is 8.82 Å². The fourth-order valence-corrected chi connectivity index (χ4v) is 4.51. The largest absolute Gasteiger partial charge is 0.419 e. The van der Waals surface area contributed by atoms with E-state index in [4.69, 9.17) is 9.40 Å². The monoisotopic (exact) mass is 379 g/mol. The van der Waals surface area contributed by atoms with E-state index in [0.29, 0.717) is 5.89 Å². The van der Waals surface area contributed by atoms with Gasteiger partial charge in [-0.3, -0.25) is 4.90 Å². The zero-order valence-electron chi connectivity index (χ0n) is 15.2. The summed E-state index contributed by atoms with van der Waals surface area (Å²) in [5.41, 5.74) is 4.31. The van der Waals surface area contributed by atoms with Gasteiger partial charge in [-0.05, 0) is 49.9 Å². The van der Waals surface area contributed by atoms with Gasteiger partial charge in [-0.2, -0.15) is 11.3 Å². The highest BCUT2D eigenvalue weighted by Crippen LogP contribution is 2.33. The van der Waals surface area contributed by atoms with Crippen LogP contribution >= 0.6 is 11.3 Å². The van der Waals surface area contributed by atoms with Crippen LogP contribution in [0.2, 0.25) is 0 Å². The minimum absolute atomic E-state index is 0.160. The van der Waals surface area contributed by atoms with E-state index in [0.717, 1.165) is 42.3 Å². The summed E-state index contributed by atoms with van der Waals surface area (Å²) < 4.78 is 8.24. The fraction of sp³-hybridized carbons (Fsp3) is 0.350. The number of rotatable bonds is 4. The Bertz CT molecular complexity index is 1050. The lowest BCUT2D eigenvalue weighted by Gasteiger charge is -2.33. The molecule has 6 nitrogen and oxygen atoms in total. The Labute approximate surface area is 161 Å². The highest BCUT2D eigenvalue weighted by atomic mass is 32.1. The smallest absolute Gasteiger partial charge is 0.248 e. The fourth-order valence-electron chi connectivity index (χ4n) is 3.88. The highest BCUT2D eigenvalue weighted by molar-refractivity contribution is 7.08. The number of likely N-dealkylation sites (tertiary alicyclic amines) is 1. The molecule has 0 saturated carbocycles. The number of pyridine rings is 1. The summed E-state index contributed by atoms with van der Waals surface area (Å²) in [5.74, 6) is 1.34. The van der Waals surface area contributed by atoms with E-state index in [1.165, 1.54) is 18.5 Å². The van der Waals surface area contributed by atoms with Crippen molar-refractivity contribution in [2.45, 2.75) is 38.8 Å². The summed E-state index contributed by atoms with van der Waals surface area (Å²) in [4.78, 5) is 7.16. The van der Waals surface area contributed by atoms with Crippen molar-refractivity contribution in [1.29, 1.82) is 0 Å². The molecule has 27 heavy (non-hydrogen) atoms. The molecular formula is C20H21N5OS. The highest BCUT2D eigenvalue weighted by Gasteiger charge is 2.30. The second-order valence-corrected chi connectivity index (χ2v) is 7.79. The van der Waals surface area contributed by atoms with Crippen molar-refractivity contribution < 1.29 is 4.42 Å². The lowest BCUT2D eigenvalue weighted by atomic mass is 10.0. The number of piperidine rings is 1. The minimum Gasteiger partial charge on any atom is -0.419 e. The SMILES string of the molecule is Cc1nc2ccccn2c1CN1CCCC[C@H]1c1nnc(-c2ccsc2)o1. The average Bonchev–Trinajstić information content (AvgIpc) is 3.43. The summed E-state index contributed by atoms with van der Waals surface area (Å²) in [6.07, 6.45) is 5.51. The van der Waals surface area contributed by atoms with Crippen LogP contribution in [0.1, 0.15) is 42.6 Å². The van der Waals surface area contributed by atoms with E-state index in [1.807, 2.05) is 22.9 Å². The number of imidazole rings is 1. The van der Waals surface area contributed by atoms with Crippen LogP contribution in [0.4, 0.5) is 0 Å². The van der Waals surface area contributed by atoms with Crippen molar-refractivity contribution in [3.63, 3.8) is 0 Å². The van der Waals surface area contributed by atoms with Gasteiger partial charge in [0.2, 0.25) is 11.8 Å². The Morgan fingerprint density at radius 1 is 1.22 bits per heavy atom. The van der Waals surface area contributed by atoms with E-state index in [-0.39, 0.29) is 6.04 Å². The molecule has 0 aliphatic carbocycles. The van der Waals surface area contributed by atoms with E-state index in [9.17, 15) is 0 Å². The topological polar surface area (TPSA) is 59.5 Å². The molecular weight excluding hydrogens is 358 g/mol. The third-order valence-electron chi connectivity index (χ3n) is 5.29. The Morgan fingerprint density at radius 3 is 3.07 bits per heavy atom. The van der Waals surface area contributed by atoms with Crippen molar-refractivity contribution in [1.82, 2.24) is 24.5 Å². The second-order valence-electron chi connectivity index (χ2n) is 7.01. The molecule has 7 heteroatoms. The van der Waals surface area contributed by atoms with Gasteiger partial charge in [-0.25, -0.2) is 4.98 Å². The van der Waals surface area contributed by atoms with Crippen molar-refractivity contribution in [2.75, 3.05) is 6.54 Å². The molecule has 0 spiro atoms. The Kier molecular flexibility index (Phi) is 4.26. The first-order chi connectivity index (χ1) is 13.3. The summed E-state index contributed by atoms with van der Waals surface area (Å²) in [6.45, 7) is 3.95. The molecule has 4 aromatic rings. The molecule has 138 valence electrons. The number of thiophene rings is 1. The van der Waals surface area contributed by atoms with E-state index < -0.39 is 0 Å². The normalized spacial score (nSPS) is 18.3. The van der Waals surface area contributed by atoms with Crippen molar-refractivity contribution in [2.24, 2.45) is 0 Å². The predicted molar refractivity (Wildman–Crippen MR) is 105 cm³/mol. The maximum Gasteiger partial charge on any atom is 0.248 e. The Hall–Kier alpha value is -2.51. The molecule has 5 rings (SSSR count). The summed E-state index contributed by atoms with van der Waals surface area (Å²) in [7, 11) is 0. The number of hydrogen-bond donors (Lipinski definition) is 0. The average molecular weight is 379 g/mol. The molecule has 0 N–H and O–H groups in total.